The van der Waals surface area contributed by atoms with Gasteiger partial charge in [0.2, 0.25) is 0 Å². The number of rotatable bonds is 8. The summed E-state index contributed by atoms with van der Waals surface area (Å²) >= 11 is 0. The molecule has 1 heterocycles. The van der Waals surface area contributed by atoms with Crippen LogP contribution in [0, 0.1) is 0 Å². The number of hydrogen-bond acceptors (Lipinski definition) is 7. The van der Waals surface area contributed by atoms with Crippen LogP contribution in [0.2, 0.25) is 0 Å². The normalized spacial score (nSPS) is 23.0. The summed E-state index contributed by atoms with van der Waals surface area (Å²) in [5, 5.41) is 1.99. The van der Waals surface area contributed by atoms with Crippen LogP contribution in [-0.4, -0.2) is 66.0 Å². The second kappa shape index (κ2) is 8.03. The van der Waals surface area contributed by atoms with Gasteiger partial charge in [-0.1, -0.05) is 0 Å². The van der Waals surface area contributed by atoms with E-state index in [1.807, 2.05) is 13.8 Å². The molecule has 1 fully saturated rings. The molecule has 0 radical (unpaired) electrons. The highest BCUT2D eigenvalue weighted by Gasteiger charge is 2.45. The van der Waals surface area contributed by atoms with Gasteiger partial charge >= 0.3 is 0 Å². The molecule has 1 aliphatic heterocycles. The summed E-state index contributed by atoms with van der Waals surface area (Å²) in [5.41, 5.74) is 0. The zero-order valence-corrected chi connectivity index (χ0v) is 16.3. The zero-order chi connectivity index (χ0) is 18.7. The van der Waals surface area contributed by atoms with Crippen molar-refractivity contribution in [3.05, 3.63) is 24.3 Å². The van der Waals surface area contributed by atoms with E-state index in [-0.39, 0.29) is 22.5 Å². The van der Waals surface area contributed by atoms with Gasteiger partial charge in [-0.2, -0.15) is 0 Å². The average molecular weight is 392 g/mol. The lowest BCUT2D eigenvalue weighted by atomic mass is 10.2. The molecule has 7 nitrogen and oxygen atoms in total. The molecule has 1 aliphatic rings. The fourth-order valence-corrected chi connectivity index (χ4v) is 7.53. The number of sulfone groups is 2. The van der Waals surface area contributed by atoms with E-state index in [1.54, 1.807) is 12.1 Å². The van der Waals surface area contributed by atoms with Gasteiger partial charge in [0.15, 0.2) is 19.7 Å². The van der Waals surface area contributed by atoms with E-state index in [1.165, 1.54) is 19.2 Å². The van der Waals surface area contributed by atoms with Crippen molar-refractivity contribution >= 4 is 19.7 Å². The highest BCUT2D eigenvalue weighted by atomic mass is 32.2. The minimum absolute atomic E-state index is 0.0169. The predicted octanol–water partition coefficient (Wildman–Crippen LogP) is 0.649. The smallest absolute Gasteiger partial charge is 0.183 e. The number of benzene rings is 1. The van der Waals surface area contributed by atoms with Crippen molar-refractivity contribution in [2.75, 3.05) is 31.8 Å². The molecule has 0 unspecified atom stereocenters. The molecule has 1 aromatic rings. The molecule has 142 valence electrons. The molecule has 2 atom stereocenters. The van der Waals surface area contributed by atoms with Gasteiger partial charge in [0.1, 0.15) is 5.75 Å². The lowest BCUT2D eigenvalue weighted by Gasteiger charge is -2.20. The summed E-state index contributed by atoms with van der Waals surface area (Å²) in [6.07, 6.45) is -0.0169. The Morgan fingerprint density at radius 3 is 2.40 bits per heavy atom. The second-order valence-corrected chi connectivity index (χ2v) is 10.7. The molecule has 2 rings (SSSR count). The number of methoxy groups -OCH3 is 1. The van der Waals surface area contributed by atoms with Gasteiger partial charge < -0.3 is 14.8 Å². The summed E-state index contributed by atoms with van der Waals surface area (Å²) in [6.45, 7) is 4.53. The highest BCUT2D eigenvalue weighted by molar-refractivity contribution is 7.96. The van der Waals surface area contributed by atoms with Crippen molar-refractivity contribution in [1.29, 1.82) is 0 Å². The first-order valence-corrected chi connectivity index (χ1v) is 11.5. The molecule has 9 heteroatoms. The molecule has 1 aromatic carbocycles. The fraction of sp³-hybridized carbons (Fsp3) is 0.625. The first kappa shape index (κ1) is 20.2. The molecule has 0 aromatic heterocycles. The summed E-state index contributed by atoms with van der Waals surface area (Å²) < 4.78 is 60.2. The van der Waals surface area contributed by atoms with Gasteiger partial charge in [0, 0.05) is 19.7 Å². The minimum Gasteiger partial charge on any atom is -0.491 e. The van der Waals surface area contributed by atoms with Crippen LogP contribution >= 0.6 is 0 Å². The van der Waals surface area contributed by atoms with Crippen molar-refractivity contribution in [3.8, 4) is 5.75 Å². The van der Waals surface area contributed by atoms with E-state index in [2.05, 4.69) is 5.32 Å². The van der Waals surface area contributed by atoms with E-state index in [4.69, 9.17) is 9.47 Å². The molecule has 0 spiro atoms. The first-order chi connectivity index (χ1) is 11.7. The Labute approximate surface area is 149 Å². The Hall–Kier alpha value is -1.16. The second-order valence-electron chi connectivity index (χ2n) is 6.35. The lowest BCUT2D eigenvalue weighted by molar-refractivity contribution is 0.196. The van der Waals surface area contributed by atoms with Crippen LogP contribution in [0.4, 0.5) is 0 Å². The van der Waals surface area contributed by atoms with Crippen molar-refractivity contribution < 1.29 is 26.3 Å². The topological polar surface area (TPSA) is 98.8 Å². The summed E-state index contributed by atoms with van der Waals surface area (Å²) in [7, 11) is -5.65. The molecule has 0 amide bonds. The summed E-state index contributed by atoms with van der Waals surface area (Å²) in [6, 6.07) is 5.46. The number of hydrogen-bond donors (Lipinski definition) is 1. The Morgan fingerprint density at radius 1 is 1.20 bits per heavy atom. The van der Waals surface area contributed by atoms with Crippen molar-refractivity contribution in [3.63, 3.8) is 0 Å². The maximum Gasteiger partial charge on any atom is 0.183 e. The van der Waals surface area contributed by atoms with Gasteiger partial charge in [0.25, 0.3) is 0 Å². The standard InChI is InChI=1S/C16H25NO6S2/c1-12(2)23-13-4-6-14(7-5-13)25(20,21)16-11-24(18,19)10-15(16)17-8-9-22-3/h4-7,12,15-17H,8-11H2,1-3H3/t15-,16-/m0/s1. The molecular formula is C16H25NO6S2. The average Bonchev–Trinajstić information content (AvgIpc) is 2.83. The SMILES string of the molecule is COCCN[C@H]1CS(=O)(=O)C[C@@H]1S(=O)(=O)c1ccc(OC(C)C)cc1. The van der Waals surface area contributed by atoms with Crippen molar-refractivity contribution in [2.24, 2.45) is 0 Å². The highest BCUT2D eigenvalue weighted by Crippen LogP contribution is 2.27. The predicted molar refractivity (Wildman–Crippen MR) is 95.5 cm³/mol. The molecule has 0 aliphatic carbocycles. The maximum absolute atomic E-state index is 12.9. The van der Waals surface area contributed by atoms with Gasteiger partial charge in [-0.3, -0.25) is 0 Å². The summed E-state index contributed by atoms with van der Waals surface area (Å²) in [5.74, 6) is 0.0158. The van der Waals surface area contributed by atoms with Crippen LogP contribution in [-0.2, 0) is 24.4 Å². The first-order valence-electron chi connectivity index (χ1n) is 8.09. The summed E-state index contributed by atoms with van der Waals surface area (Å²) in [4.78, 5) is 0.101. The van der Waals surface area contributed by atoms with Crippen LogP contribution < -0.4 is 10.1 Å². The van der Waals surface area contributed by atoms with Gasteiger partial charge in [-0.15, -0.1) is 0 Å². The van der Waals surface area contributed by atoms with Gasteiger partial charge in [0.05, 0.1) is 34.4 Å². The van der Waals surface area contributed by atoms with E-state index in [0.29, 0.717) is 18.9 Å². The van der Waals surface area contributed by atoms with Gasteiger partial charge in [-0.25, -0.2) is 16.8 Å². The lowest BCUT2D eigenvalue weighted by Crippen LogP contribution is -2.44. The monoisotopic (exact) mass is 391 g/mol. The molecule has 0 saturated carbocycles. The minimum atomic E-state index is -3.78. The van der Waals surface area contributed by atoms with Crippen LogP contribution in [0.15, 0.2) is 29.2 Å². The van der Waals surface area contributed by atoms with Crippen LogP contribution in [0.3, 0.4) is 0 Å². The van der Waals surface area contributed by atoms with E-state index < -0.39 is 31.0 Å². The molecule has 25 heavy (non-hydrogen) atoms. The maximum atomic E-state index is 12.9. The van der Waals surface area contributed by atoms with Crippen LogP contribution in [0.5, 0.6) is 5.75 Å². The number of ether oxygens (including phenoxy) is 2. The fourth-order valence-electron chi connectivity index (χ4n) is 2.81. The van der Waals surface area contributed by atoms with E-state index in [9.17, 15) is 16.8 Å². The van der Waals surface area contributed by atoms with Crippen LogP contribution in [0.1, 0.15) is 13.8 Å². The third-order valence-corrected chi connectivity index (χ3v) is 8.10. The number of nitrogens with one attached hydrogen (secondary N) is 1. The molecule has 1 N–H and O–H groups in total. The molecular weight excluding hydrogens is 366 g/mol. The third kappa shape index (κ3) is 5.16. The van der Waals surface area contributed by atoms with Gasteiger partial charge in [-0.05, 0) is 38.1 Å². The molecule has 0 bridgehead atoms. The Bertz CT molecular complexity index is 771. The van der Waals surface area contributed by atoms with Crippen molar-refractivity contribution in [1.82, 2.24) is 5.32 Å². The van der Waals surface area contributed by atoms with E-state index >= 15 is 0 Å². The Morgan fingerprint density at radius 2 is 1.84 bits per heavy atom. The zero-order valence-electron chi connectivity index (χ0n) is 14.6. The van der Waals surface area contributed by atoms with E-state index in [0.717, 1.165) is 0 Å². The largest absolute Gasteiger partial charge is 0.491 e. The molecule has 1 saturated heterocycles. The Kier molecular flexibility index (Phi) is 6.47. The third-order valence-electron chi connectivity index (χ3n) is 3.94. The van der Waals surface area contributed by atoms with Crippen LogP contribution in [0.25, 0.3) is 0 Å². The Balaban J connectivity index is 2.23. The van der Waals surface area contributed by atoms with Crippen molar-refractivity contribution in [2.45, 2.75) is 36.1 Å². The quantitative estimate of drug-likeness (QED) is 0.650.